The molecule has 0 bridgehead atoms. The summed E-state index contributed by atoms with van der Waals surface area (Å²) in [5.74, 6) is -0.450. The molecule has 1 aliphatic heterocycles. The number of rotatable bonds is 2. The molecule has 0 aliphatic carbocycles. The van der Waals surface area contributed by atoms with Gasteiger partial charge >= 0.3 is 7.12 Å². The lowest BCUT2D eigenvalue weighted by Crippen LogP contribution is -2.41. The van der Waals surface area contributed by atoms with Crippen LogP contribution in [-0.2, 0) is 9.31 Å². The van der Waals surface area contributed by atoms with E-state index in [2.05, 4.69) is 47.8 Å². The Kier molecular flexibility index (Phi) is 4.90. The zero-order valence-corrected chi connectivity index (χ0v) is 17.0. The second-order valence-electron chi connectivity index (χ2n) is 6.07. The van der Waals surface area contributed by atoms with Crippen molar-refractivity contribution in [3.8, 4) is 5.75 Å². The van der Waals surface area contributed by atoms with Crippen LogP contribution >= 0.6 is 47.8 Å². The highest BCUT2D eigenvalue weighted by atomic mass is 79.9. The zero-order valence-electron chi connectivity index (χ0n) is 12.2. The van der Waals surface area contributed by atoms with Crippen LogP contribution in [0.3, 0.4) is 0 Å². The molecule has 2 rings (SSSR count). The average Bonchev–Trinajstić information content (AvgIpc) is 2.55. The molecule has 1 aliphatic rings. The lowest BCUT2D eigenvalue weighted by molar-refractivity contribution is 0.00578. The number of halogens is 3. The van der Waals surface area contributed by atoms with Crippen LogP contribution in [0, 0.1) is 0 Å². The van der Waals surface area contributed by atoms with E-state index in [-0.39, 0.29) is 5.75 Å². The number of hydrogen-bond acceptors (Lipinski definition) is 4. The van der Waals surface area contributed by atoms with E-state index in [1.165, 1.54) is 0 Å². The predicted molar refractivity (Wildman–Crippen MR) is 94.2 cm³/mol. The van der Waals surface area contributed by atoms with Crippen molar-refractivity contribution >= 4 is 54.9 Å². The maximum absolute atomic E-state index is 10.1. The van der Waals surface area contributed by atoms with E-state index >= 15 is 0 Å². The molecular formula is C13H17BBr3NO3. The summed E-state index contributed by atoms with van der Waals surface area (Å²) in [4.78, 5) is 0. The molecule has 1 aromatic rings. The van der Waals surface area contributed by atoms with Gasteiger partial charge < -0.3 is 20.1 Å². The Balaban J connectivity index is 2.39. The van der Waals surface area contributed by atoms with Gasteiger partial charge in [0.1, 0.15) is 5.75 Å². The van der Waals surface area contributed by atoms with Gasteiger partial charge in [-0.15, -0.1) is 0 Å². The number of phenols is 1. The first-order chi connectivity index (χ1) is 9.48. The molecule has 1 aromatic carbocycles. The standard InChI is InChI=1S/C13H17BBr3NO3/c1-12(2)13(3,4)21-14(20-12)11(18)8-6(15)5-7(16)10(19)9(8)17/h5,11,19H,18H2,1-4H3/t11-/m1/s1. The topological polar surface area (TPSA) is 64.7 Å². The first-order valence-corrected chi connectivity index (χ1v) is 8.83. The normalized spacial score (nSPS) is 21.6. The van der Waals surface area contributed by atoms with Crippen molar-refractivity contribution < 1.29 is 14.4 Å². The Morgan fingerprint density at radius 1 is 1.10 bits per heavy atom. The molecule has 0 unspecified atom stereocenters. The van der Waals surface area contributed by atoms with E-state index in [1.807, 2.05) is 27.7 Å². The molecule has 0 radical (unpaired) electrons. The quantitative estimate of drug-likeness (QED) is 0.613. The third-order valence-corrected chi connectivity index (χ3v) is 6.14. The Hall–Kier alpha value is 0.405. The molecule has 0 spiro atoms. The Morgan fingerprint density at radius 3 is 2.05 bits per heavy atom. The fourth-order valence-electron chi connectivity index (χ4n) is 2.07. The molecule has 0 saturated carbocycles. The van der Waals surface area contributed by atoms with Crippen molar-refractivity contribution in [1.82, 2.24) is 0 Å². The largest absolute Gasteiger partial charge is 0.506 e. The molecular weight excluding hydrogens is 469 g/mol. The second-order valence-corrected chi connectivity index (χ2v) is 8.57. The minimum atomic E-state index is -0.594. The van der Waals surface area contributed by atoms with Gasteiger partial charge in [0.2, 0.25) is 0 Å². The minimum Gasteiger partial charge on any atom is -0.506 e. The highest BCUT2D eigenvalue weighted by molar-refractivity contribution is 9.11. The summed E-state index contributed by atoms with van der Waals surface area (Å²) in [6, 6.07) is 1.75. The van der Waals surface area contributed by atoms with Gasteiger partial charge in [-0.3, -0.25) is 0 Å². The Labute approximate surface area is 150 Å². The van der Waals surface area contributed by atoms with Crippen molar-refractivity contribution in [3.05, 3.63) is 25.0 Å². The van der Waals surface area contributed by atoms with Gasteiger partial charge in [-0.05, 0) is 71.2 Å². The van der Waals surface area contributed by atoms with Crippen LogP contribution in [0.2, 0.25) is 0 Å². The number of benzene rings is 1. The van der Waals surface area contributed by atoms with Crippen molar-refractivity contribution in [3.63, 3.8) is 0 Å². The van der Waals surface area contributed by atoms with E-state index in [1.54, 1.807) is 6.07 Å². The lowest BCUT2D eigenvalue weighted by Gasteiger charge is -2.32. The van der Waals surface area contributed by atoms with Gasteiger partial charge in [0.05, 0.1) is 26.1 Å². The van der Waals surface area contributed by atoms with E-state index in [0.717, 1.165) is 4.47 Å². The molecule has 1 fully saturated rings. The SMILES string of the molecule is CC1(C)OB([C@H](N)c2c(Br)cc(Br)c(O)c2Br)OC1(C)C. The summed E-state index contributed by atoms with van der Waals surface area (Å²) in [7, 11) is -0.594. The van der Waals surface area contributed by atoms with Crippen LogP contribution in [0.5, 0.6) is 5.75 Å². The highest BCUT2D eigenvalue weighted by Crippen LogP contribution is 2.45. The van der Waals surface area contributed by atoms with Crippen molar-refractivity contribution in [2.24, 2.45) is 5.73 Å². The van der Waals surface area contributed by atoms with Crippen LogP contribution in [0.15, 0.2) is 19.5 Å². The predicted octanol–water partition coefficient (Wildman–Crippen LogP) is 4.31. The van der Waals surface area contributed by atoms with Gasteiger partial charge in [0, 0.05) is 4.47 Å². The minimum absolute atomic E-state index is 0.0974. The molecule has 21 heavy (non-hydrogen) atoms. The molecule has 1 atom stereocenters. The third-order valence-electron chi connectivity index (χ3n) is 4.08. The zero-order chi connectivity index (χ0) is 16.2. The molecule has 3 N–H and O–H groups in total. The second kappa shape index (κ2) is 5.80. The van der Waals surface area contributed by atoms with Crippen LogP contribution in [0.25, 0.3) is 0 Å². The molecule has 4 nitrogen and oxygen atoms in total. The molecule has 116 valence electrons. The summed E-state index contributed by atoms with van der Waals surface area (Å²) in [6.07, 6.45) is 0. The number of nitrogens with two attached hydrogens (primary N) is 1. The van der Waals surface area contributed by atoms with Crippen LogP contribution in [0.1, 0.15) is 39.2 Å². The molecule has 8 heteroatoms. The smallest absolute Gasteiger partial charge is 0.480 e. The Bertz CT molecular complexity index is 564. The molecule has 1 heterocycles. The number of phenolic OH excluding ortho intramolecular Hbond substituents is 1. The number of aromatic hydroxyl groups is 1. The maximum atomic E-state index is 10.1. The van der Waals surface area contributed by atoms with Crippen molar-refractivity contribution in [2.75, 3.05) is 0 Å². The van der Waals surface area contributed by atoms with Crippen LogP contribution < -0.4 is 5.73 Å². The molecule has 0 amide bonds. The maximum Gasteiger partial charge on any atom is 0.480 e. The first-order valence-electron chi connectivity index (χ1n) is 6.45. The van der Waals surface area contributed by atoms with Gasteiger partial charge in [0.25, 0.3) is 0 Å². The van der Waals surface area contributed by atoms with E-state index < -0.39 is 24.3 Å². The summed E-state index contributed by atoms with van der Waals surface area (Å²) < 4.78 is 13.8. The van der Waals surface area contributed by atoms with E-state index in [9.17, 15) is 5.11 Å². The highest BCUT2D eigenvalue weighted by Gasteiger charge is 2.53. The van der Waals surface area contributed by atoms with Gasteiger partial charge in [-0.25, -0.2) is 0 Å². The summed E-state index contributed by atoms with van der Waals surface area (Å²) in [5.41, 5.74) is 6.12. The fraction of sp³-hybridized carbons (Fsp3) is 0.538. The van der Waals surface area contributed by atoms with E-state index in [4.69, 9.17) is 15.0 Å². The van der Waals surface area contributed by atoms with Crippen LogP contribution in [-0.4, -0.2) is 23.4 Å². The van der Waals surface area contributed by atoms with Gasteiger partial charge in [0.15, 0.2) is 0 Å². The van der Waals surface area contributed by atoms with E-state index in [0.29, 0.717) is 14.5 Å². The molecule has 1 saturated heterocycles. The summed E-state index contributed by atoms with van der Waals surface area (Å²) in [6.45, 7) is 7.90. The van der Waals surface area contributed by atoms with Crippen molar-refractivity contribution in [1.29, 1.82) is 0 Å². The first kappa shape index (κ1) is 17.8. The summed E-state index contributed by atoms with van der Waals surface area (Å²) in [5, 5.41) is 10.1. The van der Waals surface area contributed by atoms with Crippen LogP contribution in [0.4, 0.5) is 0 Å². The summed E-state index contributed by atoms with van der Waals surface area (Å²) >= 11 is 10.1. The average molecular weight is 486 g/mol. The molecule has 0 aromatic heterocycles. The van der Waals surface area contributed by atoms with Gasteiger partial charge in [-0.1, -0.05) is 15.9 Å². The monoisotopic (exact) mass is 483 g/mol. The fourth-order valence-corrected chi connectivity index (χ4v) is 4.72. The lowest BCUT2D eigenvalue weighted by atomic mass is 9.75. The number of hydrogen-bond donors (Lipinski definition) is 2. The Morgan fingerprint density at radius 2 is 1.57 bits per heavy atom. The van der Waals surface area contributed by atoms with Crippen molar-refractivity contribution in [2.45, 2.75) is 44.8 Å². The van der Waals surface area contributed by atoms with Gasteiger partial charge in [-0.2, -0.15) is 0 Å². The third kappa shape index (κ3) is 3.08.